The van der Waals surface area contributed by atoms with Crippen LogP contribution in [0.25, 0.3) is 0 Å². The molecule has 2 rings (SSSR count). The van der Waals surface area contributed by atoms with Crippen molar-refractivity contribution >= 4 is 27.3 Å². The quantitative estimate of drug-likeness (QED) is 0.814. The lowest BCUT2D eigenvalue weighted by Gasteiger charge is -2.12. The number of anilines is 1. The molecule has 0 aliphatic rings. The summed E-state index contributed by atoms with van der Waals surface area (Å²) in [6.07, 6.45) is 4.48. The predicted molar refractivity (Wildman–Crippen MR) is 92.0 cm³/mol. The summed E-state index contributed by atoms with van der Waals surface area (Å²) < 4.78 is 27.6. The maximum atomic E-state index is 12.5. The Bertz CT molecular complexity index is 781. The smallest absolute Gasteiger partial charge is 0.261 e. The van der Waals surface area contributed by atoms with Gasteiger partial charge in [0.05, 0.1) is 10.6 Å². The molecule has 0 atom stereocenters. The summed E-state index contributed by atoms with van der Waals surface area (Å²) in [5.74, 6) is 0. The lowest BCUT2D eigenvalue weighted by Crippen LogP contribution is -2.14. The predicted octanol–water partition coefficient (Wildman–Crippen LogP) is 4.57. The molecule has 0 aromatic heterocycles. The van der Waals surface area contributed by atoms with Crippen LogP contribution in [0, 0.1) is 6.92 Å². The summed E-state index contributed by atoms with van der Waals surface area (Å²) in [6, 6.07) is 11.9. The molecule has 0 heterocycles. The molecule has 0 aliphatic carbocycles. The summed E-state index contributed by atoms with van der Waals surface area (Å²) in [7, 11) is -3.61. The number of allylic oxidation sites excluding steroid dienone is 2. The molecule has 0 saturated carbocycles. The zero-order valence-electron chi connectivity index (χ0n) is 12.5. The standard InChI is InChI=1S/C17H18ClNO2S/c1-3-4-5-14-12-15(18)8-11-17(14)19-22(20,21)16-9-6-13(2)7-10-16/h3-4,6-12,19H,5H2,1-2H3/b4-3+. The molecule has 0 fully saturated rings. The van der Waals surface area contributed by atoms with E-state index in [0.717, 1.165) is 11.1 Å². The first-order valence-electron chi connectivity index (χ1n) is 6.91. The fourth-order valence-electron chi connectivity index (χ4n) is 2.00. The molecule has 0 unspecified atom stereocenters. The van der Waals surface area contributed by atoms with Gasteiger partial charge in [-0.25, -0.2) is 8.42 Å². The molecule has 0 amide bonds. The third-order valence-corrected chi connectivity index (χ3v) is 4.83. The van der Waals surface area contributed by atoms with Gasteiger partial charge in [-0.3, -0.25) is 4.72 Å². The molecule has 0 saturated heterocycles. The van der Waals surface area contributed by atoms with E-state index in [1.54, 1.807) is 42.5 Å². The minimum absolute atomic E-state index is 0.241. The van der Waals surface area contributed by atoms with Gasteiger partial charge in [-0.05, 0) is 56.2 Å². The second kappa shape index (κ2) is 6.99. The molecule has 2 aromatic carbocycles. The Morgan fingerprint density at radius 3 is 2.45 bits per heavy atom. The van der Waals surface area contributed by atoms with E-state index in [0.29, 0.717) is 17.1 Å². The first-order chi connectivity index (χ1) is 10.4. The van der Waals surface area contributed by atoms with Crippen molar-refractivity contribution in [3.05, 3.63) is 70.8 Å². The van der Waals surface area contributed by atoms with Gasteiger partial charge < -0.3 is 0 Å². The zero-order chi connectivity index (χ0) is 16.2. The normalized spacial score (nSPS) is 11.8. The van der Waals surface area contributed by atoms with E-state index in [4.69, 9.17) is 11.6 Å². The minimum atomic E-state index is -3.61. The Morgan fingerprint density at radius 1 is 1.14 bits per heavy atom. The van der Waals surface area contributed by atoms with E-state index >= 15 is 0 Å². The Labute approximate surface area is 136 Å². The molecule has 3 nitrogen and oxygen atoms in total. The molecule has 0 radical (unpaired) electrons. The number of sulfonamides is 1. The summed E-state index contributed by atoms with van der Waals surface area (Å²) in [4.78, 5) is 0.241. The summed E-state index contributed by atoms with van der Waals surface area (Å²) in [5, 5.41) is 0.581. The van der Waals surface area contributed by atoms with Crippen LogP contribution in [0.5, 0.6) is 0 Å². The Hall–Kier alpha value is -1.78. The van der Waals surface area contributed by atoms with Crippen LogP contribution in [0.2, 0.25) is 5.02 Å². The summed E-state index contributed by atoms with van der Waals surface area (Å²) in [6.45, 7) is 3.83. The molecule has 0 bridgehead atoms. The van der Waals surface area contributed by atoms with Crippen molar-refractivity contribution in [2.24, 2.45) is 0 Å². The van der Waals surface area contributed by atoms with Crippen LogP contribution in [0.4, 0.5) is 5.69 Å². The number of rotatable bonds is 5. The zero-order valence-corrected chi connectivity index (χ0v) is 14.1. The van der Waals surface area contributed by atoms with Gasteiger partial charge in [0, 0.05) is 5.02 Å². The molecule has 1 N–H and O–H groups in total. The highest BCUT2D eigenvalue weighted by Gasteiger charge is 2.15. The second-order valence-electron chi connectivity index (χ2n) is 4.99. The van der Waals surface area contributed by atoms with Crippen LogP contribution >= 0.6 is 11.6 Å². The van der Waals surface area contributed by atoms with E-state index in [1.807, 2.05) is 26.0 Å². The van der Waals surface area contributed by atoms with Gasteiger partial charge in [-0.2, -0.15) is 0 Å². The van der Waals surface area contributed by atoms with E-state index in [2.05, 4.69) is 4.72 Å². The Morgan fingerprint density at radius 2 is 1.82 bits per heavy atom. The summed E-state index contributed by atoms with van der Waals surface area (Å²) in [5.41, 5.74) is 2.39. The fourth-order valence-corrected chi connectivity index (χ4v) is 3.29. The molecular weight excluding hydrogens is 318 g/mol. The first kappa shape index (κ1) is 16.6. The van der Waals surface area contributed by atoms with Gasteiger partial charge in [0.1, 0.15) is 0 Å². The van der Waals surface area contributed by atoms with Gasteiger partial charge >= 0.3 is 0 Å². The third-order valence-electron chi connectivity index (χ3n) is 3.22. The highest BCUT2D eigenvalue weighted by molar-refractivity contribution is 7.92. The van der Waals surface area contributed by atoms with Crippen molar-refractivity contribution in [3.63, 3.8) is 0 Å². The molecule has 22 heavy (non-hydrogen) atoms. The SMILES string of the molecule is C/C=C/Cc1cc(Cl)ccc1NS(=O)(=O)c1ccc(C)cc1. The topological polar surface area (TPSA) is 46.2 Å². The van der Waals surface area contributed by atoms with E-state index in [9.17, 15) is 8.42 Å². The van der Waals surface area contributed by atoms with Crippen molar-refractivity contribution in [2.45, 2.75) is 25.2 Å². The monoisotopic (exact) mass is 335 g/mol. The second-order valence-corrected chi connectivity index (χ2v) is 7.11. The van der Waals surface area contributed by atoms with Gasteiger partial charge in [0.15, 0.2) is 0 Å². The summed E-state index contributed by atoms with van der Waals surface area (Å²) >= 11 is 6.00. The van der Waals surface area contributed by atoms with Crippen LogP contribution in [0.15, 0.2) is 59.5 Å². The highest BCUT2D eigenvalue weighted by Crippen LogP contribution is 2.24. The van der Waals surface area contributed by atoms with E-state index in [-0.39, 0.29) is 4.90 Å². The van der Waals surface area contributed by atoms with Gasteiger partial charge in [-0.15, -0.1) is 0 Å². The minimum Gasteiger partial charge on any atom is -0.279 e. The average molecular weight is 336 g/mol. The third kappa shape index (κ3) is 4.12. The maximum Gasteiger partial charge on any atom is 0.261 e. The fraction of sp³-hybridized carbons (Fsp3) is 0.176. The van der Waals surface area contributed by atoms with Gasteiger partial charge in [0.25, 0.3) is 10.0 Å². The van der Waals surface area contributed by atoms with Crippen molar-refractivity contribution in [1.29, 1.82) is 0 Å². The van der Waals surface area contributed by atoms with Crippen molar-refractivity contribution in [1.82, 2.24) is 0 Å². The van der Waals surface area contributed by atoms with E-state index < -0.39 is 10.0 Å². The van der Waals surface area contributed by atoms with Gasteiger partial charge in [-0.1, -0.05) is 41.4 Å². The molecule has 0 spiro atoms. The van der Waals surface area contributed by atoms with Crippen molar-refractivity contribution in [2.75, 3.05) is 4.72 Å². The van der Waals surface area contributed by atoms with Crippen molar-refractivity contribution in [3.8, 4) is 0 Å². The lowest BCUT2D eigenvalue weighted by atomic mass is 10.1. The van der Waals surface area contributed by atoms with Crippen LogP contribution in [0.1, 0.15) is 18.1 Å². The number of nitrogens with one attached hydrogen (secondary N) is 1. The van der Waals surface area contributed by atoms with Crippen LogP contribution in [-0.4, -0.2) is 8.42 Å². The average Bonchev–Trinajstić information content (AvgIpc) is 2.48. The van der Waals surface area contributed by atoms with Crippen molar-refractivity contribution < 1.29 is 8.42 Å². The van der Waals surface area contributed by atoms with Crippen LogP contribution < -0.4 is 4.72 Å². The Kier molecular flexibility index (Phi) is 5.27. The van der Waals surface area contributed by atoms with Crippen LogP contribution in [-0.2, 0) is 16.4 Å². The largest absolute Gasteiger partial charge is 0.279 e. The number of benzene rings is 2. The maximum absolute atomic E-state index is 12.5. The van der Waals surface area contributed by atoms with E-state index in [1.165, 1.54) is 0 Å². The van der Waals surface area contributed by atoms with Gasteiger partial charge in [0.2, 0.25) is 0 Å². The highest BCUT2D eigenvalue weighted by atomic mass is 35.5. The molecule has 5 heteroatoms. The molecule has 116 valence electrons. The number of hydrogen-bond donors (Lipinski definition) is 1. The lowest BCUT2D eigenvalue weighted by molar-refractivity contribution is 0.601. The number of aryl methyl sites for hydroxylation is 1. The first-order valence-corrected chi connectivity index (χ1v) is 8.77. The molecule has 0 aliphatic heterocycles. The number of halogens is 1. The Balaban J connectivity index is 2.35. The molecular formula is C17H18ClNO2S. The van der Waals surface area contributed by atoms with Crippen LogP contribution in [0.3, 0.4) is 0 Å². The molecule has 2 aromatic rings. The number of hydrogen-bond acceptors (Lipinski definition) is 2.